The Labute approximate surface area is 113 Å². The van der Waals surface area contributed by atoms with Gasteiger partial charge in [-0.05, 0) is 18.2 Å². The third-order valence-corrected chi connectivity index (χ3v) is 2.21. The van der Waals surface area contributed by atoms with Gasteiger partial charge < -0.3 is 11.1 Å². The summed E-state index contributed by atoms with van der Waals surface area (Å²) in [6, 6.07) is 3.74. The number of carbonyl (C=O) groups excluding carboxylic acids is 1. The van der Waals surface area contributed by atoms with Crippen LogP contribution >= 0.6 is 0 Å². The zero-order valence-corrected chi connectivity index (χ0v) is 10.4. The summed E-state index contributed by atoms with van der Waals surface area (Å²) in [6.07, 6.45) is -6.42. The summed E-state index contributed by atoms with van der Waals surface area (Å²) >= 11 is 0. The third-order valence-electron chi connectivity index (χ3n) is 2.21. The summed E-state index contributed by atoms with van der Waals surface area (Å²) in [6.45, 7) is 0.123. The molecule has 0 atom stereocenters. The second-order valence-electron chi connectivity index (χ2n) is 3.86. The van der Waals surface area contributed by atoms with Crippen molar-refractivity contribution in [2.75, 3.05) is 11.9 Å². The molecule has 0 heterocycles. The van der Waals surface area contributed by atoms with E-state index in [1.807, 2.05) is 0 Å². The fraction of sp³-hybridized carbons (Fsp3) is 0.308. The first-order valence-corrected chi connectivity index (χ1v) is 5.67. The summed E-state index contributed by atoms with van der Waals surface area (Å²) < 4.78 is 49.4. The Morgan fingerprint density at radius 1 is 1.35 bits per heavy atom. The molecule has 0 bridgehead atoms. The van der Waals surface area contributed by atoms with E-state index in [0.29, 0.717) is 5.56 Å². The van der Waals surface area contributed by atoms with E-state index in [2.05, 4.69) is 17.2 Å². The van der Waals surface area contributed by atoms with Crippen molar-refractivity contribution in [1.82, 2.24) is 0 Å². The minimum Gasteiger partial charge on any atom is -0.324 e. The van der Waals surface area contributed by atoms with Crippen LogP contribution in [0.25, 0.3) is 0 Å². The van der Waals surface area contributed by atoms with Gasteiger partial charge in [0.25, 0.3) is 0 Å². The largest absolute Gasteiger partial charge is 0.389 e. The van der Waals surface area contributed by atoms with Gasteiger partial charge in [0.1, 0.15) is 5.82 Å². The van der Waals surface area contributed by atoms with Crippen molar-refractivity contribution in [2.45, 2.75) is 19.0 Å². The molecular formula is C13H12F4N2O. The highest BCUT2D eigenvalue weighted by Crippen LogP contribution is 2.22. The van der Waals surface area contributed by atoms with Crippen LogP contribution in [0.2, 0.25) is 0 Å². The molecule has 0 unspecified atom stereocenters. The topological polar surface area (TPSA) is 55.1 Å². The minimum atomic E-state index is -4.42. The van der Waals surface area contributed by atoms with Gasteiger partial charge in [-0.1, -0.05) is 11.8 Å². The quantitative estimate of drug-likeness (QED) is 0.663. The first-order valence-electron chi connectivity index (χ1n) is 5.67. The van der Waals surface area contributed by atoms with Crippen molar-refractivity contribution in [3.05, 3.63) is 29.6 Å². The van der Waals surface area contributed by atoms with Crippen molar-refractivity contribution in [2.24, 2.45) is 5.73 Å². The number of hydrogen-bond acceptors (Lipinski definition) is 2. The monoisotopic (exact) mass is 288 g/mol. The molecule has 0 fully saturated rings. The van der Waals surface area contributed by atoms with E-state index in [1.165, 1.54) is 12.1 Å². The Morgan fingerprint density at radius 2 is 2.05 bits per heavy atom. The number of carbonyl (C=O) groups is 1. The van der Waals surface area contributed by atoms with Crippen molar-refractivity contribution >= 4 is 11.6 Å². The lowest BCUT2D eigenvalue weighted by atomic mass is 10.2. The number of benzene rings is 1. The van der Waals surface area contributed by atoms with E-state index in [4.69, 9.17) is 5.73 Å². The van der Waals surface area contributed by atoms with Crippen LogP contribution in [0.15, 0.2) is 18.2 Å². The molecular weight excluding hydrogens is 276 g/mol. The standard InChI is InChI=1S/C13H12F4N2O/c14-10-8-9(2-1-7-18)3-4-11(10)19-12(20)5-6-13(15,16)17/h3-4,8H,5-7,18H2,(H,19,20). The summed E-state index contributed by atoms with van der Waals surface area (Å²) in [4.78, 5) is 11.2. The molecule has 1 amide bonds. The molecule has 0 aliphatic heterocycles. The van der Waals surface area contributed by atoms with Gasteiger partial charge in [0.15, 0.2) is 0 Å². The highest BCUT2D eigenvalue weighted by atomic mass is 19.4. The zero-order chi connectivity index (χ0) is 15.2. The molecule has 7 heteroatoms. The van der Waals surface area contributed by atoms with Gasteiger partial charge in [-0.3, -0.25) is 4.79 Å². The van der Waals surface area contributed by atoms with E-state index in [0.717, 1.165) is 6.07 Å². The second kappa shape index (κ2) is 6.91. The van der Waals surface area contributed by atoms with Gasteiger partial charge in [-0.25, -0.2) is 4.39 Å². The van der Waals surface area contributed by atoms with Crippen LogP contribution in [0.4, 0.5) is 23.2 Å². The first-order chi connectivity index (χ1) is 9.31. The van der Waals surface area contributed by atoms with E-state index >= 15 is 0 Å². The smallest absolute Gasteiger partial charge is 0.324 e. The molecule has 20 heavy (non-hydrogen) atoms. The molecule has 3 nitrogen and oxygen atoms in total. The summed E-state index contributed by atoms with van der Waals surface area (Å²) in [5.41, 5.74) is 5.34. The van der Waals surface area contributed by atoms with Crippen molar-refractivity contribution < 1.29 is 22.4 Å². The Bertz CT molecular complexity index is 544. The molecule has 1 rings (SSSR count). The molecule has 0 aliphatic rings. The number of rotatable bonds is 3. The first kappa shape index (κ1) is 16.0. The average Bonchev–Trinajstić information content (AvgIpc) is 2.36. The van der Waals surface area contributed by atoms with Gasteiger partial charge in [0.2, 0.25) is 5.91 Å². The minimum absolute atomic E-state index is 0.123. The van der Waals surface area contributed by atoms with Crippen molar-refractivity contribution in [1.29, 1.82) is 0 Å². The molecule has 3 N–H and O–H groups in total. The van der Waals surface area contributed by atoms with Crippen LogP contribution in [-0.4, -0.2) is 18.6 Å². The summed E-state index contributed by atoms with van der Waals surface area (Å²) in [5.74, 6) is 3.45. The zero-order valence-electron chi connectivity index (χ0n) is 10.4. The third kappa shape index (κ3) is 5.71. The Hall–Kier alpha value is -2.07. The van der Waals surface area contributed by atoms with Gasteiger partial charge in [-0.2, -0.15) is 13.2 Å². The lowest BCUT2D eigenvalue weighted by Gasteiger charge is -2.08. The van der Waals surface area contributed by atoms with E-state index in [-0.39, 0.29) is 12.2 Å². The van der Waals surface area contributed by atoms with Crippen LogP contribution in [0.5, 0.6) is 0 Å². The van der Waals surface area contributed by atoms with Crippen molar-refractivity contribution in [3.8, 4) is 11.8 Å². The molecule has 108 valence electrons. The van der Waals surface area contributed by atoms with Crippen LogP contribution in [0, 0.1) is 17.7 Å². The molecule has 1 aromatic rings. The Morgan fingerprint density at radius 3 is 2.60 bits per heavy atom. The highest BCUT2D eigenvalue weighted by molar-refractivity contribution is 5.90. The molecule has 0 radical (unpaired) electrons. The maximum atomic E-state index is 13.6. The Kier molecular flexibility index (Phi) is 5.53. The molecule has 0 aliphatic carbocycles. The number of nitrogens with two attached hydrogens (primary N) is 1. The SMILES string of the molecule is NCC#Cc1ccc(NC(=O)CCC(F)(F)F)c(F)c1. The van der Waals surface area contributed by atoms with E-state index < -0.39 is 30.7 Å². The molecule has 0 saturated heterocycles. The number of alkyl halides is 3. The average molecular weight is 288 g/mol. The van der Waals surface area contributed by atoms with Gasteiger partial charge in [0, 0.05) is 12.0 Å². The maximum Gasteiger partial charge on any atom is 0.389 e. The predicted molar refractivity (Wildman–Crippen MR) is 66.3 cm³/mol. The van der Waals surface area contributed by atoms with Crippen LogP contribution in [0.1, 0.15) is 18.4 Å². The van der Waals surface area contributed by atoms with Gasteiger partial charge >= 0.3 is 6.18 Å². The predicted octanol–water partition coefficient (Wildman–Crippen LogP) is 2.42. The van der Waals surface area contributed by atoms with Crippen LogP contribution < -0.4 is 11.1 Å². The number of nitrogens with one attached hydrogen (secondary N) is 1. The molecule has 1 aromatic carbocycles. The molecule has 0 saturated carbocycles. The summed E-state index contributed by atoms with van der Waals surface area (Å²) in [7, 11) is 0. The van der Waals surface area contributed by atoms with Crippen LogP contribution in [0.3, 0.4) is 0 Å². The summed E-state index contributed by atoms with van der Waals surface area (Å²) in [5, 5.41) is 2.08. The number of anilines is 1. The number of halogens is 4. The normalized spacial score (nSPS) is 10.7. The van der Waals surface area contributed by atoms with Crippen molar-refractivity contribution in [3.63, 3.8) is 0 Å². The Balaban J connectivity index is 2.67. The van der Waals surface area contributed by atoms with E-state index in [9.17, 15) is 22.4 Å². The number of amides is 1. The van der Waals surface area contributed by atoms with Gasteiger partial charge in [0.05, 0.1) is 18.7 Å². The highest BCUT2D eigenvalue weighted by Gasteiger charge is 2.28. The fourth-order valence-corrected chi connectivity index (χ4v) is 1.32. The van der Waals surface area contributed by atoms with Gasteiger partial charge in [-0.15, -0.1) is 0 Å². The fourth-order valence-electron chi connectivity index (χ4n) is 1.32. The molecule has 0 aromatic heterocycles. The maximum absolute atomic E-state index is 13.6. The lowest BCUT2D eigenvalue weighted by molar-refractivity contribution is -0.142. The number of hydrogen-bond donors (Lipinski definition) is 2. The van der Waals surface area contributed by atoms with Crippen LogP contribution in [-0.2, 0) is 4.79 Å². The van der Waals surface area contributed by atoms with E-state index in [1.54, 1.807) is 0 Å². The lowest BCUT2D eigenvalue weighted by Crippen LogP contribution is -2.17. The second-order valence-corrected chi connectivity index (χ2v) is 3.86. The molecule has 0 spiro atoms.